The zero-order valence-corrected chi connectivity index (χ0v) is 11.9. The van der Waals surface area contributed by atoms with Gasteiger partial charge in [0.1, 0.15) is 12.3 Å². The highest BCUT2D eigenvalue weighted by Crippen LogP contribution is 2.15. The summed E-state index contributed by atoms with van der Waals surface area (Å²) in [6.07, 6.45) is 0. The SMILES string of the molecule is CCn1c(=O)n(Cc2nc(C)c(C)o2)c2ccccc21. The lowest BCUT2D eigenvalue weighted by Gasteiger charge is -1.98. The van der Waals surface area contributed by atoms with E-state index in [1.807, 2.05) is 45.0 Å². The minimum Gasteiger partial charge on any atom is -0.444 e. The van der Waals surface area contributed by atoms with Crippen LogP contribution in [-0.4, -0.2) is 14.1 Å². The van der Waals surface area contributed by atoms with Crippen LogP contribution in [0.15, 0.2) is 33.5 Å². The highest BCUT2D eigenvalue weighted by molar-refractivity contribution is 5.76. The van der Waals surface area contributed by atoms with Crippen molar-refractivity contribution >= 4 is 11.0 Å². The molecule has 0 N–H and O–H groups in total. The standard InChI is InChI=1S/C15H17N3O2/c1-4-17-12-7-5-6-8-13(12)18(15(17)19)9-14-16-10(2)11(3)20-14/h5-8H,4,9H2,1-3H3. The van der Waals surface area contributed by atoms with Gasteiger partial charge >= 0.3 is 5.69 Å². The molecule has 0 atom stereocenters. The lowest BCUT2D eigenvalue weighted by Crippen LogP contribution is -2.24. The van der Waals surface area contributed by atoms with Gasteiger partial charge in [0.2, 0.25) is 5.89 Å². The summed E-state index contributed by atoms with van der Waals surface area (Å²) in [6, 6.07) is 7.79. The third-order valence-electron chi connectivity index (χ3n) is 3.61. The molecule has 0 saturated heterocycles. The largest absolute Gasteiger partial charge is 0.444 e. The molecule has 0 spiro atoms. The molecular formula is C15H17N3O2. The van der Waals surface area contributed by atoms with E-state index in [2.05, 4.69) is 4.98 Å². The van der Waals surface area contributed by atoms with Crippen LogP contribution < -0.4 is 5.69 Å². The van der Waals surface area contributed by atoms with Gasteiger partial charge in [0.25, 0.3) is 0 Å². The number of oxazole rings is 1. The normalized spacial score (nSPS) is 11.3. The van der Waals surface area contributed by atoms with Gasteiger partial charge in [0, 0.05) is 6.54 Å². The smallest absolute Gasteiger partial charge is 0.329 e. The van der Waals surface area contributed by atoms with Crippen LogP contribution in [0.2, 0.25) is 0 Å². The van der Waals surface area contributed by atoms with Crippen LogP contribution in [0.5, 0.6) is 0 Å². The molecule has 104 valence electrons. The van der Waals surface area contributed by atoms with Crippen molar-refractivity contribution in [2.75, 3.05) is 0 Å². The topological polar surface area (TPSA) is 53.0 Å². The van der Waals surface area contributed by atoms with Crippen LogP contribution in [0, 0.1) is 13.8 Å². The predicted octanol–water partition coefficient (Wildman–Crippen LogP) is 2.48. The summed E-state index contributed by atoms with van der Waals surface area (Å²) in [5, 5.41) is 0. The predicted molar refractivity (Wildman–Crippen MR) is 77.0 cm³/mol. The average Bonchev–Trinajstić information content (AvgIpc) is 2.89. The van der Waals surface area contributed by atoms with Crippen molar-refractivity contribution in [1.82, 2.24) is 14.1 Å². The van der Waals surface area contributed by atoms with Crippen molar-refractivity contribution in [3.63, 3.8) is 0 Å². The molecule has 1 aromatic carbocycles. The van der Waals surface area contributed by atoms with Crippen LogP contribution in [-0.2, 0) is 13.1 Å². The first kappa shape index (κ1) is 12.7. The first-order chi connectivity index (χ1) is 9.61. The van der Waals surface area contributed by atoms with Gasteiger partial charge in [-0.05, 0) is 32.9 Å². The van der Waals surface area contributed by atoms with Crippen molar-refractivity contribution in [1.29, 1.82) is 0 Å². The average molecular weight is 271 g/mol. The Hall–Kier alpha value is -2.30. The Morgan fingerprint density at radius 1 is 1.15 bits per heavy atom. The molecule has 0 saturated carbocycles. The van der Waals surface area contributed by atoms with E-state index in [0.29, 0.717) is 19.0 Å². The molecule has 0 amide bonds. The van der Waals surface area contributed by atoms with E-state index in [-0.39, 0.29) is 5.69 Å². The zero-order valence-electron chi connectivity index (χ0n) is 11.9. The van der Waals surface area contributed by atoms with Crippen molar-refractivity contribution in [3.8, 4) is 0 Å². The Balaban J connectivity index is 2.16. The van der Waals surface area contributed by atoms with Crippen molar-refractivity contribution in [3.05, 3.63) is 52.1 Å². The fraction of sp³-hybridized carbons (Fsp3) is 0.333. The Labute approximate surface area is 116 Å². The number of para-hydroxylation sites is 2. The molecule has 5 nitrogen and oxygen atoms in total. The second-order valence-corrected chi connectivity index (χ2v) is 4.85. The van der Waals surface area contributed by atoms with Crippen LogP contribution in [0.1, 0.15) is 24.3 Å². The lowest BCUT2D eigenvalue weighted by molar-refractivity contribution is 0.455. The van der Waals surface area contributed by atoms with Crippen LogP contribution in [0.4, 0.5) is 0 Å². The van der Waals surface area contributed by atoms with E-state index < -0.39 is 0 Å². The summed E-state index contributed by atoms with van der Waals surface area (Å²) in [6.45, 7) is 6.76. The Bertz CT molecular complexity index is 804. The minimum atomic E-state index is -0.0257. The summed E-state index contributed by atoms with van der Waals surface area (Å²) < 4.78 is 9.06. The van der Waals surface area contributed by atoms with Gasteiger partial charge in [-0.3, -0.25) is 9.13 Å². The molecule has 3 rings (SSSR count). The number of rotatable bonds is 3. The van der Waals surface area contributed by atoms with Crippen LogP contribution >= 0.6 is 0 Å². The van der Waals surface area contributed by atoms with Gasteiger partial charge in [-0.25, -0.2) is 9.78 Å². The number of aromatic nitrogens is 3. The molecule has 0 unspecified atom stereocenters. The van der Waals surface area contributed by atoms with Crippen molar-refractivity contribution < 1.29 is 4.42 Å². The fourth-order valence-electron chi connectivity index (χ4n) is 2.47. The van der Waals surface area contributed by atoms with E-state index in [0.717, 1.165) is 22.5 Å². The summed E-state index contributed by atoms with van der Waals surface area (Å²) >= 11 is 0. The molecule has 0 bridgehead atoms. The molecule has 5 heteroatoms. The Kier molecular flexibility index (Phi) is 2.97. The quantitative estimate of drug-likeness (QED) is 0.735. The van der Waals surface area contributed by atoms with Crippen molar-refractivity contribution in [2.24, 2.45) is 0 Å². The Morgan fingerprint density at radius 3 is 2.35 bits per heavy atom. The number of fused-ring (bicyclic) bond motifs is 1. The molecule has 20 heavy (non-hydrogen) atoms. The maximum atomic E-state index is 12.5. The maximum absolute atomic E-state index is 12.5. The van der Waals surface area contributed by atoms with E-state index in [9.17, 15) is 4.79 Å². The van der Waals surface area contributed by atoms with Crippen LogP contribution in [0.25, 0.3) is 11.0 Å². The first-order valence-corrected chi connectivity index (χ1v) is 6.72. The summed E-state index contributed by atoms with van der Waals surface area (Å²) in [5.41, 5.74) is 2.70. The number of hydrogen-bond donors (Lipinski definition) is 0. The lowest BCUT2D eigenvalue weighted by atomic mass is 10.3. The second kappa shape index (κ2) is 4.67. The van der Waals surface area contributed by atoms with E-state index in [1.54, 1.807) is 9.13 Å². The van der Waals surface area contributed by atoms with E-state index in [4.69, 9.17) is 4.42 Å². The fourth-order valence-corrected chi connectivity index (χ4v) is 2.47. The molecule has 0 aliphatic heterocycles. The molecule has 0 aliphatic carbocycles. The summed E-state index contributed by atoms with van der Waals surface area (Å²) in [7, 11) is 0. The molecular weight excluding hydrogens is 254 g/mol. The number of nitrogens with zero attached hydrogens (tertiary/aromatic N) is 3. The molecule has 0 fully saturated rings. The van der Waals surface area contributed by atoms with E-state index >= 15 is 0 Å². The van der Waals surface area contributed by atoms with Gasteiger partial charge in [-0.15, -0.1) is 0 Å². The maximum Gasteiger partial charge on any atom is 0.329 e. The third kappa shape index (κ3) is 1.86. The molecule has 3 aromatic rings. The van der Waals surface area contributed by atoms with Gasteiger partial charge in [0.15, 0.2) is 0 Å². The first-order valence-electron chi connectivity index (χ1n) is 6.72. The monoisotopic (exact) mass is 271 g/mol. The molecule has 0 aliphatic rings. The zero-order chi connectivity index (χ0) is 14.3. The number of hydrogen-bond acceptors (Lipinski definition) is 3. The van der Waals surface area contributed by atoms with Gasteiger partial charge in [0.05, 0.1) is 16.7 Å². The highest BCUT2D eigenvalue weighted by Gasteiger charge is 2.14. The van der Waals surface area contributed by atoms with Gasteiger partial charge < -0.3 is 4.42 Å². The molecule has 2 heterocycles. The minimum absolute atomic E-state index is 0.0257. The van der Waals surface area contributed by atoms with Gasteiger partial charge in [-0.2, -0.15) is 0 Å². The number of benzene rings is 1. The second-order valence-electron chi connectivity index (χ2n) is 4.85. The highest BCUT2D eigenvalue weighted by atomic mass is 16.4. The Morgan fingerprint density at radius 2 is 1.80 bits per heavy atom. The van der Waals surface area contributed by atoms with Crippen molar-refractivity contribution in [2.45, 2.75) is 33.9 Å². The molecule has 2 aromatic heterocycles. The van der Waals surface area contributed by atoms with E-state index in [1.165, 1.54) is 0 Å². The van der Waals surface area contributed by atoms with Crippen LogP contribution in [0.3, 0.4) is 0 Å². The summed E-state index contributed by atoms with van der Waals surface area (Å²) in [5.74, 6) is 1.37. The summed E-state index contributed by atoms with van der Waals surface area (Å²) in [4.78, 5) is 16.8. The van der Waals surface area contributed by atoms with Gasteiger partial charge in [-0.1, -0.05) is 12.1 Å². The third-order valence-corrected chi connectivity index (χ3v) is 3.61. The number of imidazole rings is 1. The molecule has 0 radical (unpaired) electrons. The number of aryl methyl sites for hydroxylation is 3.